The Balaban J connectivity index is 1.91. The first kappa shape index (κ1) is 19.2. The van der Waals surface area contributed by atoms with Crippen LogP contribution in [0.25, 0.3) is 0 Å². The first-order chi connectivity index (χ1) is 13.3. The first-order valence-corrected chi connectivity index (χ1v) is 8.87. The van der Waals surface area contributed by atoms with Crippen molar-refractivity contribution in [2.45, 2.75) is 23.6 Å². The molecule has 0 bridgehead atoms. The van der Waals surface area contributed by atoms with Gasteiger partial charge < -0.3 is 0 Å². The van der Waals surface area contributed by atoms with Crippen molar-refractivity contribution in [3.05, 3.63) is 85.7 Å². The summed E-state index contributed by atoms with van der Waals surface area (Å²) in [4.78, 5) is 34.9. The molecule has 0 aliphatic carbocycles. The number of carbonyl (C=O) groups is 1. The van der Waals surface area contributed by atoms with Crippen molar-refractivity contribution >= 4 is 29.0 Å². The smallest absolute Gasteiger partial charge is 0.267 e. The van der Waals surface area contributed by atoms with Crippen LogP contribution >= 0.6 is 11.8 Å². The van der Waals surface area contributed by atoms with Crippen LogP contribution in [0.1, 0.15) is 21.7 Å². The summed E-state index contributed by atoms with van der Waals surface area (Å²) < 4.78 is 1.21. The Hall–Kier alpha value is -3.53. The SMILES string of the molecule is Cc1nn(C(=O)c2cccc([N+](=O)[O-])c2)c(C)c1Sc1ccc([N+](=O)[O-])cc1. The summed E-state index contributed by atoms with van der Waals surface area (Å²) in [5, 5.41) is 26.0. The molecule has 1 aromatic heterocycles. The third-order valence-electron chi connectivity index (χ3n) is 3.99. The van der Waals surface area contributed by atoms with Gasteiger partial charge in [0.25, 0.3) is 17.3 Å². The summed E-state index contributed by atoms with van der Waals surface area (Å²) in [6.45, 7) is 3.47. The topological polar surface area (TPSA) is 121 Å². The zero-order valence-electron chi connectivity index (χ0n) is 14.9. The molecule has 0 amide bonds. The molecule has 0 aliphatic heterocycles. The number of aryl methyl sites for hydroxylation is 1. The van der Waals surface area contributed by atoms with E-state index in [1.165, 1.54) is 52.8 Å². The average molecular weight is 398 g/mol. The van der Waals surface area contributed by atoms with E-state index in [4.69, 9.17) is 0 Å². The van der Waals surface area contributed by atoms with Gasteiger partial charge in [-0.05, 0) is 32.0 Å². The summed E-state index contributed by atoms with van der Waals surface area (Å²) in [6, 6.07) is 11.5. The number of hydrogen-bond donors (Lipinski definition) is 0. The molecule has 0 saturated heterocycles. The highest BCUT2D eigenvalue weighted by Gasteiger charge is 2.20. The molecule has 0 saturated carbocycles. The minimum absolute atomic E-state index is 0.00524. The van der Waals surface area contributed by atoms with Crippen LogP contribution in [0.3, 0.4) is 0 Å². The number of nitro benzene ring substituents is 2. The zero-order valence-corrected chi connectivity index (χ0v) is 15.7. The molecule has 0 radical (unpaired) electrons. The van der Waals surface area contributed by atoms with E-state index >= 15 is 0 Å². The number of nitro groups is 2. The lowest BCUT2D eigenvalue weighted by molar-refractivity contribution is -0.385. The third kappa shape index (κ3) is 3.76. The monoisotopic (exact) mass is 398 g/mol. The predicted octanol–water partition coefficient (Wildman–Crippen LogP) is 4.16. The van der Waals surface area contributed by atoms with E-state index in [0.29, 0.717) is 11.4 Å². The molecule has 9 nitrogen and oxygen atoms in total. The van der Waals surface area contributed by atoms with Crippen LogP contribution in [0.4, 0.5) is 11.4 Å². The van der Waals surface area contributed by atoms with Crippen LogP contribution in [-0.4, -0.2) is 25.5 Å². The Morgan fingerprint density at radius 1 is 1.00 bits per heavy atom. The molecule has 0 atom stereocenters. The van der Waals surface area contributed by atoms with Crippen molar-refractivity contribution in [2.24, 2.45) is 0 Å². The highest BCUT2D eigenvalue weighted by atomic mass is 32.2. The molecule has 0 spiro atoms. The summed E-state index contributed by atoms with van der Waals surface area (Å²) in [5.74, 6) is -0.472. The van der Waals surface area contributed by atoms with Gasteiger partial charge in [-0.1, -0.05) is 17.8 Å². The van der Waals surface area contributed by atoms with Crippen molar-refractivity contribution < 1.29 is 14.6 Å². The maximum atomic E-state index is 12.8. The summed E-state index contributed by atoms with van der Waals surface area (Å²) >= 11 is 1.34. The second-order valence-electron chi connectivity index (χ2n) is 5.88. The van der Waals surface area contributed by atoms with Gasteiger partial charge >= 0.3 is 0 Å². The maximum absolute atomic E-state index is 12.8. The quantitative estimate of drug-likeness (QED) is 0.467. The number of hydrogen-bond acceptors (Lipinski definition) is 7. The van der Waals surface area contributed by atoms with E-state index in [1.54, 1.807) is 26.0 Å². The van der Waals surface area contributed by atoms with E-state index in [1.807, 2.05) is 0 Å². The van der Waals surface area contributed by atoms with Gasteiger partial charge in [0.1, 0.15) is 0 Å². The summed E-state index contributed by atoms with van der Waals surface area (Å²) in [6.07, 6.45) is 0. The molecule has 0 unspecified atom stereocenters. The van der Waals surface area contributed by atoms with Gasteiger partial charge in [0.05, 0.1) is 26.1 Å². The summed E-state index contributed by atoms with van der Waals surface area (Å²) in [7, 11) is 0. The van der Waals surface area contributed by atoms with E-state index < -0.39 is 15.8 Å². The number of non-ortho nitro benzene ring substituents is 2. The van der Waals surface area contributed by atoms with Gasteiger partial charge in [-0.3, -0.25) is 25.0 Å². The average Bonchev–Trinajstić information content (AvgIpc) is 2.96. The van der Waals surface area contributed by atoms with E-state index in [9.17, 15) is 25.0 Å². The van der Waals surface area contributed by atoms with Crippen LogP contribution in [0, 0.1) is 34.1 Å². The zero-order chi connectivity index (χ0) is 20.4. The molecule has 0 N–H and O–H groups in total. The molecule has 142 valence electrons. The van der Waals surface area contributed by atoms with Gasteiger partial charge in [-0.2, -0.15) is 9.78 Å². The fourth-order valence-electron chi connectivity index (χ4n) is 2.60. The number of benzene rings is 2. The number of carbonyl (C=O) groups excluding carboxylic acids is 1. The third-order valence-corrected chi connectivity index (χ3v) is 5.29. The molecular weight excluding hydrogens is 384 g/mol. The normalized spacial score (nSPS) is 10.6. The van der Waals surface area contributed by atoms with Crippen LogP contribution in [0.2, 0.25) is 0 Å². The molecule has 10 heteroatoms. The van der Waals surface area contributed by atoms with Crippen molar-refractivity contribution in [1.29, 1.82) is 0 Å². The van der Waals surface area contributed by atoms with Crippen molar-refractivity contribution in [3.8, 4) is 0 Å². The van der Waals surface area contributed by atoms with Crippen molar-refractivity contribution in [2.75, 3.05) is 0 Å². The summed E-state index contributed by atoms with van der Waals surface area (Å²) in [5.41, 5.74) is 1.17. The lowest BCUT2D eigenvalue weighted by atomic mass is 10.2. The van der Waals surface area contributed by atoms with Crippen molar-refractivity contribution in [3.63, 3.8) is 0 Å². The van der Waals surface area contributed by atoms with Gasteiger partial charge in [0.15, 0.2) is 0 Å². The lowest BCUT2D eigenvalue weighted by Gasteiger charge is -2.05. The van der Waals surface area contributed by atoms with Gasteiger partial charge in [0, 0.05) is 34.7 Å². The van der Waals surface area contributed by atoms with Crippen LogP contribution in [0.5, 0.6) is 0 Å². The van der Waals surface area contributed by atoms with E-state index in [-0.39, 0.29) is 16.9 Å². The fourth-order valence-corrected chi connectivity index (χ4v) is 3.53. The second-order valence-corrected chi connectivity index (χ2v) is 6.96. The Morgan fingerprint density at radius 3 is 2.25 bits per heavy atom. The standard InChI is InChI=1S/C18H14N4O5S/c1-11-17(28-16-8-6-14(7-9-16)21(24)25)12(2)20(19-11)18(23)13-4-3-5-15(10-13)22(26)27/h3-10H,1-2H3. The molecule has 0 fully saturated rings. The highest BCUT2D eigenvalue weighted by molar-refractivity contribution is 7.99. The highest BCUT2D eigenvalue weighted by Crippen LogP contribution is 2.34. The Morgan fingerprint density at radius 2 is 1.64 bits per heavy atom. The molecule has 2 aromatic carbocycles. The lowest BCUT2D eigenvalue weighted by Crippen LogP contribution is -2.15. The fraction of sp³-hybridized carbons (Fsp3) is 0.111. The van der Waals surface area contributed by atoms with E-state index in [2.05, 4.69) is 5.10 Å². The Bertz CT molecular complexity index is 1090. The Labute approximate surface area is 163 Å². The number of nitrogens with zero attached hydrogens (tertiary/aromatic N) is 4. The molecule has 1 heterocycles. The second kappa shape index (κ2) is 7.61. The van der Waals surface area contributed by atoms with Crippen LogP contribution < -0.4 is 0 Å². The van der Waals surface area contributed by atoms with Crippen LogP contribution in [0.15, 0.2) is 58.3 Å². The van der Waals surface area contributed by atoms with E-state index in [0.717, 1.165) is 9.79 Å². The van der Waals surface area contributed by atoms with Gasteiger partial charge in [-0.25, -0.2) is 0 Å². The van der Waals surface area contributed by atoms with Crippen LogP contribution in [-0.2, 0) is 0 Å². The molecule has 3 rings (SSSR count). The minimum atomic E-state index is -0.562. The molecule has 28 heavy (non-hydrogen) atoms. The Kier molecular flexibility index (Phi) is 5.23. The van der Waals surface area contributed by atoms with Crippen molar-refractivity contribution in [1.82, 2.24) is 9.78 Å². The van der Waals surface area contributed by atoms with Gasteiger partial charge in [-0.15, -0.1) is 0 Å². The number of rotatable bonds is 5. The number of aromatic nitrogens is 2. The molecular formula is C18H14N4O5S. The predicted molar refractivity (Wildman–Crippen MR) is 102 cm³/mol. The van der Waals surface area contributed by atoms with Gasteiger partial charge in [0.2, 0.25) is 0 Å². The largest absolute Gasteiger partial charge is 0.278 e. The molecule has 3 aromatic rings. The minimum Gasteiger partial charge on any atom is -0.267 e. The molecule has 0 aliphatic rings. The maximum Gasteiger partial charge on any atom is 0.278 e. The first-order valence-electron chi connectivity index (χ1n) is 8.05.